The van der Waals surface area contributed by atoms with Crippen LogP contribution >= 0.6 is 11.6 Å². The number of carbonyl (C=O) groups excluding carboxylic acids is 1. The van der Waals surface area contributed by atoms with Crippen LogP contribution < -0.4 is 5.32 Å². The molecule has 6 nitrogen and oxygen atoms in total. The fourth-order valence-electron chi connectivity index (χ4n) is 2.73. The number of amides is 1. The lowest BCUT2D eigenvalue weighted by Crippen LogP contribution is -2.48. The van der Waals surface area contributed by atoms with Gasteiger partial charge in [0.1, 0.15) is 12.2 Å². The van der Waals surface area contributed by atoms with E-state index in [-0.39, 0.29) is 11.9 Å². The van der Waals surface area contributed by atoms with Gasteiger partial charge in [-0.15, -0.1) is 0 Å². The van der Waals surface area contributed by atoms with Crippen molar-refractivity contribution in [2.45, 2.75) is 18.9 Å². The van der Waals surface area contributed by atoms with Crippen LogP contribution in [0.3, 0.4) is 0 Å². The van der Waals surface area contributed by atoms with Crippen molar-refractivity contribution in [3.05, 3.63) is 47.0 Å². The molecule has 1 aliphatic heterocycles. The van der Waals surface area contributed by atoms with Gasteiger partial charge < -0.3 is 10.2 Å². The van der Waals surface area contributed by atoms with E-state index in [4.69, 9.17) is 11.6 Å². The third-order valence-electron chi connectivity index (χ3n) is 3.84. The molecule has 2 N–H and O–H groups in total. The number of piperazine rings is 1. The molecule has 0 saturated carbocycles. The van der Waals surface area contributed by atoms with E-state index < -0.39 is 0 Å². The summed E-state index contributed by atoms with van der Waals surface area (Å²) in [4.78, 5) is 18.5. The highest BCUT2D eigenvalue weighted by Crippen LogP contribution is 2.25. The minimum absolute atomic E-state index is 0.0228. The summed E-state index contributed by atoms with van der Waals surface area (Å²) >= 11 is 6.08. The number of halogens is 1. The van der Waals surface area contributed by atoms with E-state index in [1.165, 1.54) is 6.33 Å². The van der Waals surface area contributed by atoms with Crippen molar-refractivity contribution < 1.29 is 4.79 Å². The SMILES string of the molecule is O=C(CCc1ncn[nH]1)N1CCNCC1c1cccc(Cl)c1. The van der Waals surface area contributed by atoms with Crippen molar-refractivity contribution in [3.63, 3.8) is 0 Å². The van der Waals surface area contributed by atoms with Crippen molar-refractivity contribution in [2.75, 3.05) is 19.6 Å². The minimum atomic E-state index is 0.0228. The van der Waals surface area contributed by atoms with Gasteiger partial charge in [0.25, 0.3) is 0 Å². The number of carbonyl (C=O) groups is 1. The molecule has 1 atom stereocenters. The number of nitrogens with one attached hydrogen (secondary N) is 2. The molecule has 2 heterocycles. The Morgan fingerprint density at radius 1 is 1.45 bits per heavy atom. The molecule has 1 aliphatic rings. The summed E-state index contributed by atoms with van der Waals surface area (Å²) in [6, 6.07) is 7.73. The molecule has 1 aromatic heterocycles. The van der Waals surface area contributed by atoms with E-state index in [1.54, 1.807) is 0 Å². The molecule has 1 aromatic carbocycles. The molecule has 0 aliphatic carbocycles. The van der Waals surface area contributed by atoms with E-state index in [0.29, 0.717) is 24.4 Å². The number of aryl methyl sites for hydroxylation is 1. The fourth-order valence-corrected chi connectivity index (χ4v) is 2.93. The highest BCUT2D eigenvalue weighted by atomic mass is 35.5. The molecule has 1 saturated heterocycles. The lowest BCUT2D eigenvalue weighted by Gasteiger charge is -2.36. The molecule has 0 bridgehead atoms. The van der Waals surface area contributed by atoms with Crippen LogP contribution in [0.25, 0.3) is 0 Å². The zero-order chi connectivity index (χ0) is 15.4. The standard InChI is InChI=1S/C15H18ClN5O/c16-12-3-1-2-11(8-12)13-9-17-6-7-21(13)15(22)5-4-14-18-10-19-20-14/h1-3,8,10,13,17H,4-7,9H2,(H,18,19,20). The summed E-state index contributed by atoms with van der Waals surface area (Å²) in [6.07, 6.45) is 2.46. The molecule has 2 aromatic rings. The predicted molar refractivity (Wildman–Crippen MR) is 83.5 cm³/mol. The summed E-state index contributed by atoms with van der Waals surface area (Å²) in [5.74, 6) is 0.866. The molecular weight excluding hydrogens is 302 g/mol. The zero-order valence-electron chi connectivity index (χ0n) is 12.1. The van der Waals surface area contributed by atoms with Gasteiger partial charge in [-0.3, -0.25) is 9.89 Å². The van der Waals surface area contributed by atoms with Crippen LogP contribution in [0.4, 0.5) is 0 Å². The third kappa shape index (κ3) is 3.45. The largest absolute Gasteiger partial charge is 0.333 e. The van der Waals surface area contributed by atoms with Gasteiger partial charge in [0.05, 0.1) is 6.04 Å². The smallest absolute Gasteiger partial charge is 0.223 e. The second kappa shape index (κ2) is 6.89. The van der Waals surface area contributed by atoms with Crippen LogP contribution in [0.1, 0.15) is 23.9 Å². The average molecular weight is 320 g/mol. The number of nitrogens with zero attached hydrogens (tertiary/aromatic N) is 3. The Kier molecular flexibility index (Phi) is 4.70. The van der Waals surface area contributed by atoms with Crippen LogP contribution in [0.15, 0.2) is 30.6 Å². The molecule has 1 fully saturated rings. The molecule has 3 rings (SSSR count). The maximum Gasteiger partial charge on any atom is 0.223 e. The van der Waals surface area contributed by atoms with Crippen molar-refractivity contribution in [1.82, 2.24) is 25.4 Å². The Hall–Kier alpha value is -1.92. The molecule has 1 unspecified atom stereocenters. The molecule has 116 valence electrons. The second-order valence-electron chi connectivity index (χ2n) is 5.29. The zero-order valence-corrected chi connectivity index (χ0v) is 12.9. The first-order valence-corrected chi connectivity index (χ1v) is 7.72. The van der Waals surface area contributed by atoms with Gasteiger partial charge >= 0.3 is 0 Å². The van der Waals surface area contributed by atoms with Gasteiger partial charge in [-0.25, -0.2) is 4.98 Å². The maximum absolute atomic E-state index is 12.6. The Morgan fingerprint density at radius 3 is 3.14 bits per heavy atom. The Bertz CT molecular complexity index is 631. The molecule has 0 radical (unpaired) electrons. The number of benzene rings is 1. The van der Waals surface area contributed by atoms with Crippen molar-refractivity contribution in [3.8, 4) is 0 Å². The van der Waals surface area contributed by atoms with Crippen molar-refractivity contribution >= 4 is 17.5 Å². The minimum Gasteiger partial charge on any atom is -0.333 e. The second-order valence-corrected chi connectivity index (χ2v) is 5.73. The van der Waals surface area contributed by atoms with Gasteiger partial charge in [-0.1, -0.05) is 23.7 Å². The summed E-state index contributed by atoms with van der Waals surface area (Å²) in [7, 11) is 0. The van der Waals surface area contributed by atoms with Gasteiger partial charge in [0, 0.05) is 37.5 Å². The molecule has 7 heteroatoms. The lowest BCUT2D eigenvalue weighted by molar-refractivity contribution is -0.134. The number of hydrogen-bond donors (Lipinski definition) is 2. The number of aromatic amines is 1. The quantitative estimate of drug-likeness (QED) is 0.897. The van der Waals surface area contributed by atoms with Gasteiger partial charge in [0.15, 0.2) is 0 Å². The van der Waals surface area contributed by atoms with E-state index in [1.807, 2.05) is 29.2 Å². The van der Waals surface area contributed by atoms with E-state index >= 15 is 0 Å². The maximum atomic E-state index is 12.6. The van der Waals surface area contributed by atoms with Crippen molar-refractivity contribution in [1.29, 1.82) is 0 Å². The Balaban J connectivity index is 1.70. The predicted octanol–water partition coefficient (Wildman–Crippen LogP) is 1.56. The highest BCUT2D eigenvalue weighted by molar-refractivity contribution is 6.30. The van der Waals surface area contributed by atoms with Crippen LogP contribution in [-0.2, 0) is 11.2 Å². The normalized spacial score (nSPS) is 18.4. The van der Waals surface area contributed by atoms with Crippen LogP contribution in [0.5, 0.6) is 0 Å². The first-order valence-electron chi connectivity index (χ1n) is 7.34. The monoisotopic (exact) mass is 319 g/mol. The van der Waals surface area contributed by atoms with Gasteiger partial charge in [-0.2, -0.15) is 5.10 Å². The number of rotatable bonds is 4. The Labute approximate surface area is 133 Å². The molecule has 22 heavy (non-hydrogen) atoms. The van der Waals surface area contributed by atoms with Gasteiger partial charge in [0.2, 0.25) is 5.91 Å². The topological polar surface area (TPSA) is 73.9 Å². The lowest BCUT2D eigenvalue weighted by atomic mass is 10.0. The number of H-pyrrole nitrogens is 1. The first-order chi connectivity index (χ1) is 10.7. The molecular formula is C15H18ClN5O. The first kappa shape index (κ1) is 15.0. The molecule has 0 spiro atoms. The fraction of sp³-hybridized carbons (Fsp3) is 0.400. The van der Waals surface area contributed by atoms with Crippen LogP contribution in [-0.4, -0.2) is 45.6 Å². The third-order valence-corrected chi connectivity index (χ3v) is 4.07. The number of aromatic nitrogens is 3. The summed E-state index contributed by atoms with van der Waals surface area (Å²) in [5, 5.41) is 10.6. The summed E-state index contributed by atoms with van der Waals surface area (Å²) in [6.45, 7) is 2.26. The van der Waals surface area contributed by atoms with E-state index in [9.17, 15) is 4.79 Å². The van der Waals surface area contributed by atoms with Crippen LogP contribution in [0, 0.1) is 0 Å². The van der Waals surface area contributed by atoms with Gasteiger partial charge in [-0.05, 0) is 17.7 Å². The van der Waals surface area contributed by atoms with E-state index in [0.717, 1.165) is 24.5 Å². The highest BCUT2D eigenvalue weighted by Gasteiger charge is 2.27. The average Bonchev–Trinajstić information content (AvgIpc) is 3.06. The van der Waals surface area contributed by atoms with Crippen LogP contribution in [0.2, 0.25) is 5.02 Å². The Morgan fingerprint density at radius 2 is 2.36 bits per heavy atom. The summed E-state index contributed by atoms with van der Waals surface area (Å²) < 4.78 is 0. The van der Waals surface area contributed by atoms with Crippen molar-refractivity contribution in [2.24, 2.45) is 0 Å². The van der Waals surface area contributed by atoms with E-state index in [2.05, 4.69) is 20.5 Å². The molecule has 1 amide bonds. The summed E-state index contributed by atoms with van der Waals surface area (Å²) in [5.41, 5.74) is 1.06. The number of hydrogen-bond acceptors (Lipinski definition) is 4.